The van der Waals surface area contributed by atoms with Crippen molar-refractivity contribution in [3.05, 3.63) is 23.8 Å². The number of ether oxygens (including phenoxy) is 3. The van der Waals surface area contributed by atoms with Gasteiger partial charge in [0.15, 0.2) is 17.2 Å². The Morgan fingerprint density at radius 3 is 2.57 bits per heavy atom. The van der Waals surface area contributed by atoms with Gasteiger partial charge in [-0.2, -0.15) is 0 Å². The molecule has 3 saturated carbocycles. The van der Waals surface area contributed by atoms with Crippen LogP contribution in [-0.2, 0) is 23.8 Å². The first-order valence-corrected chi connectivity index (χ1v) is 13.3. The molecule has 0 aromatic heterocycles. The molecule has 0 amide bonds. The van der Waals surface area contributed by atoms with E-state index in [2.05, 4.69) is 0 Å². The fourth-order valence-electron chi connectivity index (χ4n) is 8.21. The summed E-state index contributed by atoms with van der Waals surface area (Å²) in [5.41, 5.74) is -4.27. The molecule has 6 nitrogen and oxygen atoms in total. The SMILES string of the molecule is CC1(C)O[C@@H]2CC3C4C[C@H](F)C5=CC(=O)C=C[C@]5(C)[C@@]4(F)[C@@H](O)C[C@]3(C)[C@]2(S[C@@H]2CCOC2=O)O1. The highest BCUT2D eigenvalue weighted by Gasteiger charge is 2.79. The zero-order chi connectivity index (χ0) is 25.2. The molecule has 6 aliphatic rings. The lowest BCUT2D eigenvalue weighted by molar-refractivity contribution is -0.235. The van der Waals surface area contributed by atoms with E-state index >= 15 is 8.78 Å². The van der Waals surface area contributed by atoms with Crippen molar-refractivity contribution in [2.75, 3.05) is 6.61 Å². The Bertz CT molecular complexity index is 1060. The maximum absolute atomic E-state index is 17.4. The fourth-order valence-corrected chi connectivity index (χ4v) is 10.1. The minimum Gasteiger partial charge on any atom is -0.465 e. The highest BCUT2D eigenvalue weighted by Crippen LogP contribution is 2.74. The van der Waals surface area contributed by atoms with Gasteiger partial charge in [-0.25, -0.2) is 8.78 Å². The molecule has 2 aliphatic heterocycles. The van der Waals surface area contributed by atoms with Crippen LogP contribution in [0, 0.1) is 22.7 Å². The quantitative estimate of drug-likeness (QED) is 0.566. The summed E-state index contributed by atoms with van der Waals surface area (Å²) in [5.74, 6) is -2.77. The molecule has 1 N–H and O–H groups in total. The van der Waals surface area contributed by atoms with Crippen molar-refractivity contribution in [1.29, 1.82) is 0 Å². The number of aliphatic hydroxyl groups is 1. The summed E-state index contributed by atoms with van der Waals surface area (Å²) in [5, 5.41) is 11.1. The van der Waals surface area contributed by atoms with E-state index in [0.717, 1.165) is 0 Å². The summed E-state index contributed by atoms with van der Waals surface area (Å²) in [6.07, 6.45) is 1.46. The summed E-state index contributed by atoms with van der Waals surface area (Å²) < 4.78 is 51.2. The van der Waals surface area contributed by atoms with E-state index < -0.39 is 56.8 Å². The van der Waals surface area contributed by atoms with Crippen LogP contribution >= 0.6 is 11.8 Å². The summed E-state index contributed by atoms with van der Waals surface area (Å²) in [7, 11) is 0. The number of hydrogen-bond acceptors (Lipinski definition) is 7. The maximum Gasteiger partial charge on any atom is 0.319 e. The van der Waals surface area contributed by atoms with Gasteiger partial charge in [0.2, 0.25) is 0 Å². The highest BCUT2D eigenvalue weighted by molar-refractivity contribution is 8.01. The molecule has 10 atom stereocenters. The Morgan fingerprint density at radius 2 is 1.89 bits per heavy atom. The van der Waals surface area contributed by atoms with Gasteiger partial charge in [-0.15, -0.1) is 11.8 Å². The Labute approximate surface area is 207 Å². The monoisotopic (exact) mass is 510 g/mol. The maximum atomic E-state index is 17.4. The molecule has 35 heavy (non-hydrogen) atoms. The van der Waals surface area contributed by atoms with Crippen molar-refractivity contribution in [3.63, 3.8) is 0 Å². The number of allylic oxidation sites excluding steroid dienone is 4. The second-order valence-electron chi connectivity index (χ2n) is 11.9. The number of alkyl halides is 2. The van der Waals surface area contributed by atoms with Gasteiger partial charge >= 0.3 is 5.97 Å². The van der Waals surface area contributed by atoms with Crippen LogP contribution in [0.25, 0.3) is 0 Å². The normalized spacial score (nSPS) is 54.0. The van der Waals surface area contributed by atoms with Gasteiger partial charge in [-0.05, 0) is 63.7 Å². The van der Waals surface area contributed by atoms with Crippen LogP contribution in [-0.4, -0.2) is 63.5 Å². The second-order valence-corrected chi connectivity index (χ2v) is 13.3. The van der Waals surface area contributed by atoms with E-state index in [4.69, 9.17) is 14.2 Å². The first-order valence-electron chi connectivity index (χ1n) is 12.5. The number of hydrogen-bond donors (Lipinski definition) is 1. The highest BCUT2D eigenvalue weighted by atomic mass is 32.2. The summed E-state index contributed by atoms with van der Waals surface area (Å²) >= 11 is 1.37. The summed E-state index contributed by atoms with van der Waals surface area (Å²) in [6, 6.07) is 0. The molecule has 9 heteroatoms. The number of cyclic esters (lactones) is 1. The van der Waals surface area contributed by atoms with Crippen molar-refractivity contribution in [1.82, 2.24) is 0 Å². The first-order chi connectivity index (χ1) is 16.3. The van der Waals surface area contributed by atoms with Crippen LogP contribution in [0.4, 0.5) is 8.78 Å². The molecule has 0 bridgehead atoms. The minimum atomic E-state index is -2.16. The third-order valence-corrected chi connectivity index (χ3v) is 11.6. The Hall–Kier alpha value is -1.29. The van der Waals surface area contributed by atoms with Crippen LogP contribution in [0.2, 0.25) is 0 Å². The van der Waals surface area contributed by atoms with E-state index in [1.807, 2.05) is 20.8 Å². The number of rotatable bonds is 2. The molecular weight excluding hydrogens is 478 g/mol. The van der Waals surface area contributed by atoms with E-state index in [0.29, 0.717) is 19.4 Å². The molecular formula is C26H32F2O6S. The van der Waals surface area contributed by atoms with Crippen molar-refractivity contribution < 1.29 is 37.7 Å². The fraction of sp³-hybridized carbons (Fsp3) is 0.769. The van der Waals surface area contributed by atoms with Gasteiger partial charge in [0.25, 0.3) is 0 Å². The number of carbonyl (C=O) groups is 2. The van der Waals surface area contributed by atoms with Gasteiger partial charge < -0.3 is 19.3 Å². The van der Waals surface area contributed by atoms with Gasteiger partial charge in [-0.1, -0.05) is 13.0 Å². The average Bonchev–Trinajstić information content (AvgIpc) is 3.35. The number of thioether (sulfide) groups is 1. The van der Waals surface area contributed by atoms with Crippen LogP contribution in [0.15, 0.2) is 23.8 Å². The number of aliphatic hydroxyl groups excluding tert-OH is 1. The molecule has 0 radical (unpaired) electrons. The van der Waals surface area contributed by atoms with E-state index in [-0.39, 0.29) is 36.1 Å². The number of fused-ring (bicyclic) bond motifs is 7. The Balaban J connectivity index is 1.45. The first kappa shape index (κ1) is 24.1. The van der Waals surface area contributed by atoms with Crippen molar-refractivity contribution in [2.24, 2.45) is 22.7 Å². The second kappa shape index (κ2) is 7.17. The molecule has 192 valence electrons. The summed E-state index contributed by atoms with van der Waals surface area (Å²) in [6.45, 7) is 7.54. The van der Waals surface area contributed by atoms with E-state index in [9.17, 15) is 14.7 Å². The van der Waals surface area contributed by atoms with Gasteiger partial charge in [0, 0.05) is 23.2 Å². The number of esters is 1. The van der Waals surface area contributed by atoms with Crippen LogP contribution in [0.5, 0.6) is 0 Å². The average molecular weight is 511 g/mol. The lowest BCUT2D eigenvalue weighted by Gasteiger charge is -2.63. The van der Waals surface area contributed by atoms with E-state index in [1.54, 1.807) is 6.92 Å². The third kappa shape index (κ3) is 2.87. The Morgan fingerprint density at radius 1 is 1.14 bits per heavy atom. The molecule has 0 aromatic carbocycles. The molecule has 2 heterocycles. The predicted molar refractivity (Wildman–Crippen MR) is 124 cm³/mol. The molecule has 6 rings (SSSR count). The lowest BCUT2D eigenvalue weighted by Crippen LogP contribution is -2.69. The van der Waals surface area contributed by atoms with E-state index in [1.165, 1.54) is 30.0 Å². The number of ketones is 1. The van der Waals surface area contributed by atoms with Gasteiger partial charge in [-0.3, -0.25) is 9.59 Å². The van der Waals surface area contributed by atoms with Crippen molar-refractivity contribution >= 4 is 23.5 Å². The zero-order valence-electron chi connectivity index (χ0n) is 20.4. The molecule has 0 spiro atoms. The molecule has 5 fully saturated rings. The molecule has 2 unspecified atom stereocenters. The van der Waals surface area contributed by atoms with Gasteiger partial charge in [0.05, 0.1) is 12.7 Å². The largest absolute Gasteiger partial charge is 0.465 e. The zero-order valence-corrected chi connectivity index (χ0v) is 21.2. The predicted octanol–water partition coefficient (Wildman–Crippen LogP) is 3.81. The number of carbonyl (C=O) groups excluding carboxylic acids is 2. The van der Waals surface area contributed by atoms with Crippen LogP contribution in [0.3, 0.4) is 0 Å². The summed E-state index contributed by atoms with van der Waals surface area (Å²) in [4.78, 5) is 23.5. The molecule has 0 aromatic rings. The van der Waals surface area contributed by atoms with Crippen molar-refractivity contribution in [3.8, 4) is 0 Å². The third-order valence-electron chi connectivity index (χ3n) is 9.73. The van der Waals surface area contributed by atoms with Gasteiger partial charge in [0.1, 0.15) is 22.5 Å². The van der Waals surface area contributed by atoms with Crippen LogP contribution < -0.4 is 0 Å². The van der Waals surface area contributed by atoms with Crippen LogP contribution in [0.1, 0.15) is 53.4 Å². The molecule has 2 saturated heterocycles. The smallest absolute Gasteiger partial charge is 0.319 e. The number of halogens is 2. The lowest BCUT2D eigenvalue weighted by atomic mass is 9.45. The standard InChI is InChI=1S/C26H32F2O6S/c1-22(2)33-20-11-14-15-10-17(27)16-9-13(29)5-7-23(16,3)25(15,28)19(30)12-24(14,4)26(20,34-22)35-18-6-8-32-21(18)31/h5,7,9,14-15,17-20,30H,6,8,10-12H2,1-4H3/t14?,15?,17-,18+,19-,20+,23-,24-,25-,26-/m0/s1. The topological polar surface area (TPSA) is 82.1 Å². The molecule has 4 aliphatic carbocycles. The Kier molecular flexibility index (Phi) is 4.93. The van der Waals surface area contributed by atoms with Crippen molar-refractivity contribution in [2.45, 2.75) is 93.4 Å². The minimum absolute atomic E-state index is 0.0665.